The van der Waals surface area contributed by atoms with E-state index < -0.39 is 5.97 Å². The molecule has 3 aromatic rings. The molecule has 0 amide bonds. The zero-order valence-corrected chi connectivity index (χ0v) is 18.7. The lowest BCUT2D eigenvalue weighted by molar-refractivity contribution is -0.131. The lowest BCUT2D eigenvalue weighted by atomic mass is 10.2. The number of H-pyrrole nitrogens is 1. The Morgan fingerprint density at radius 2 is 2.00 bits per heavy atom. The number of carboxylic acids is 1. The van der Waals surface area contributed by atoms with Gasteiger partial charge in [-0.05, 0) is 59.7 Å². The Morgan fingerprint density at radius 1 is 1.23 bits per heavy atom. The van der Waals surface area contributed by atoms with Gasteiger partial charge in [-0.2, -0.15) is 0 Å². The number of carboxylic acid groups (broad SMARTS) is 1. The second-order valence-corrected chi connectivity index (χ2v) is 8.00. The van der Waals surface area contributed by atoms with Crippen LogP contribution in [0.25, 0.3) is 6.08 Å². The van der Waals surface area contributed by atoms with Gasteiger partial charge in [-0.25, -0.2) is 9.78 Å². The summed E-state index contributed by atoms with van der Waals surface area (Å²) in [6, 6.07) is 12.6. The molecule has 2 aromatic carbocycles. The molecule has 0 aliphatic rings. The van der Waals surface area contributed by atoms with E-state index in [0.29, 0.717) is 33.8 Å². The first-order chi connectivity index (χ1) is 15.0. The Labute approximate surface area is 189 Å². The molecule has 0 radical (unpaired) electrons. The number of rotatable bonds is 10. The molecule has 0 aliphatic heterocycles. The summed E-state index contributed by atoms with van der Waals surface area (Å²) in [6.07, 6.45) is 3.23. The fourth-order valence-corrected chi connectivity index (χ4v) is 3.54. The van der Waals surface area contributed by atoms with Crippen LogP contribution in [-0.2, 0) is 17.8 Å². The highest BCUT2D eigenvalue weighted by Crippen LogP contribution is 2.32. The summed E-state index contributed by atoms with van der Waals surface area (Å²) in [6.45, 7) is 2.39. The zero-order valence-electron chi connectivity index (χ0n) is 17.1. The monoisotopic (exact) mass is 459 g/mol. The van der Waals surface area contributed by atoms with E-state index in [1.165, 1.54) is 7.11 Å². The van der Waals surface area contributed by atoms with Crippen molar-refractivity contribution in [2.75, 3.05) is 7.11 Å². The van der Waals surface area contributed by atoms with Crippen LogP contribution in [0.1, 0.15) is 30.3 Å². The van der Waals surface area contributed by atoms with Crippen LogP contribution < -0.4 is 9.47 Å². The number of thioether (sulfide) groups is 1. The molecule has 0 saturated heterocycles. The quantitative estimate of drug-likeness (QED) is 0.317. The molecular weight excluding hydrogens is 438 g/mol. The van der Waals surface area contributed by atoms with E-state index in [4.69, 9.17) is 21.1 Å². The van der Waals surface area contributed by atoms with E-state index >= 15 is 0 Å². The number of nitrogens with one attached hydrogen (secondary N) is 1. The molecule has 0 atom stereocenters. The normalized spacial score (nSPS) is 11.4. The lowest BCUT2D eigenvalue weighted by Crippen LogP contribution is -1.99. The second kappa shape index (κ2) is 10.9. The number of nitrogens with zero attached hydrogens (tertiary/aromatic N) is 2. The summed E-state index contributed by atoms with van der Waals surface area (Å²) in [5.74, 6) is 0.727. The van der Waals surface area contributed by atoms with Crippen molar-refractivity contribution in [1.29, 1.82) is 0 Å². The van der Waals surface area contributed by atoms with Crippen molar-refractivity contribution in [3.8, 4) is 11.5 Å². The molecule has 0 fully saturated rings. The minimum Gasteiger partial charge on any atom is -0.493 e. The third-order valence-electron chi connectivity index (χ3n) is 4.20. The Bertz CT molecular complexity index is 1070. The van der Waals surface area contributed by atoms with Gasteiger partial charge in [-0.3, -0.25) is 5.10 Å². The average Bonchev–Trinajstić information content (AvgIpc) is 3.20. The fourth-order valence-electron chi connectivity index (χ4n) is 2.69. The maximum atomic E-state index is 11.7. The number of aryl methyl sites for hydroxylation is 1. The Balaban J connectivity index is 1.75. The van der Waals surface area contributed by atoms with E-state index in [1.54, 1.807) is 36.4 Å². The van der Waals surface area contributed by atoms with Gasteiger partial charge in [0.15, 0.2) is 11.5 Å². The standard InChI is InChI=1S/C22H22ClN3O4S/c1-3-4-20-24-22(26-25-20)31-19(21(27)28)12-15-7-10-17(18(11-15)29-2)30-13-14-5-8-16(23)9-6-14/h5-12H,3-4,13H2,1-2H3,(H,27,28)(H,24,25,26)/b19-12-. The summed E-state index contributed by atoms with van der Waals surface area (Å²) in [5, 5.41) is 17.5. The van der Waals surface area contributed by atoms with Gasteiger partial charge in [0, 0.05) is 11.4 Å². The van der Waals surface area contributed by atoms with Crippen molar-refractivity contribution in [2.45, 2.75) is 31.5 Å². The van der Waals surface area contributed by atoms with Crippen molar-refractivity contribution in [3.05, 3.63) is 69.3 Å². The topological polar surface area (TPSA) is 97.3 Å². The summed E-state index contributed by atoms with van der Waals surface area (Å²) >= 11 is 6.89. The van der Waals surface area contributed by atoms with Crippen molar-refractivity contribution < 1.29 is 19.4 Å². The van der Waals surface area contributed by atoms with Crippen LogP contribution in [0.2, 0.25) is 5.02 Å². The van der Waals surface area contributed by atoms with Gasteiger partial charge in [0.05, 0.1) is 7.11 Å². The van der Waals surface area contributed by atoms with Crippen molar-refractivity contribution in [2.24, 2.45) is 0 Å². The number of ether oxygens (including phenoxy) is 2. The average molecular weight is 460 g/mol. The van der Waals surface area contributed by atoms with E-state index in [0.717, 1.165) is 36.0 Å². The van der Waals surface area contributed by atoms with Crippen molar-refractivity contribution >= 4 is 35.4 Å². The molecule has 3 rings (SSSR count). The molecule has 7 nitrogen and oxygen atoms in total. The molecule has 1 heterocycles. The summed E-state index contributed by atoms with van der Waals surface area (Å²) < 4.78 is 11.3. The molecule has 2 N–H and O–H groups in total. The number of benzene rings is 2. The van der Waals surface area contributed by atoms with Crippen molar-refractivity contribution in [1.82, 2.24) is 15.2 Å². The minimum atomic E-state index is -1.06. The van der Waals surface area contributed by atoms with E-state index in [1.807, 2.05) is 19.1 Å². The zero-order chi connectivity index (χ0) is 22.2. The van der Waals surface area contributed by atoms with Crippen LogP contribution >= 0.6 is 23.4 Å². The van der Waals surface area contributed by atoms with Gasteiger partial charge in [-0.15, -0.1) is 5.10 Å². The molecular formula is C22H22ClN3O4S. The van der Waals surface area contributed by atoms with Gasteiger partial charge in [0.1, 0.15) is 17.3 Å². The molecule has 162 valence electrons. The molecule has 0 saturated carbocycles. The highest BCUT2D eigenvalue weighted by molar-refractivity contribution is 8.04. The molecule has 1 aromatic heterocycles. The van der Waals surface area contributed by atoms with Crippen LogP contribution in [0.15, 0.2) is 52.5 Å². The second-order valence-electron chi connectivity index (χ2n) is 6.56. The maximum absolute atomic E-state index is 11.7. The largest absolute Gasteiger partial charge is 0.493 e. The Morgan fingerprint density at radius 3 is 2.68 bits per heavy atom. The SMILES string of the molecule is CCCc1nc(S/C(=C\c2ccc(OCc3ccc(Cl)cc3)c(OC)c2)C(=O)O)n[nH]1. The van der Waals surface area contributed by atoms with Gasteiger partial charge in [0.2, 0.25) is 5.16 Å². The summed E-state index contributed by atoms with van der Waals surface area (Å²) in [4.78, 5) is 16.1. The predicted octanol–water partition coefficient (Wildman–Crippen LogP) is 5.22. The number of aromatic amines is 1. The van der Waals surface area contributed by atoms with Crippen molar-refractivity contribution in [3.63, 3.8) is 0 Å². The fraction of sp³-hybridized carbons (Fsp3) is 0.227. The number of hydrogen-bond donors (Lipinski definition) is 2. The number of aromatic nitrogens is 3. The summed E-state index contributed by atoms with van der Waals surface area (Å²) in [5.41, 5.74) is 1.62. The molecule has 0 spiro atoms. The van der Waals surface area contributed by atoms with Crippen LogP contribution in [0, 0.1) is 0 Å². The van der Waals surface area contributed by atoms with Gasteiger partial charge in [0.25, 0.3) is 0 Å². The third kappa shape index (κ3) is 6.50. The smallest absolute Gasteiger partial charge is 0.342 e. The predicted molar refractivity (Wildman–Crippen MR) is 121 cm³/mol. The number of carbonyl (C=O) groups is 1. The first-order valence-electron chi connectivity index (χ1n) is 9.58. The Kier molecular flexibility index (Phi) is 7.97. The molecule has 9 heteroatoms. The number of aliphatic carboxylic acids is 1. The summed E-state index contributed by atoms with van der Waals surface area (Å²) in [7, 11) is 1.54. The van der Waals surface area contributed by atoms with E-state index in [-0.39, 0.29) is 4.91 Å². The van der Waals surface area contributed by atoms with Crippen LogP contribution in [0.3, 0.4) is 0 Å². The van der Waals surface area contributed by atoms with Crippen LogP contribution in [0.4, 0.5) is 0 Å². The van der Waals surface area contributed by atoms with Gasteiger partial charge >= 0.3 is 5.97 Å². The lowest BCUT2D eigenvalue weighted by Gasteiger charge is -2.12. The molecule has 31 heavy (non-hydrogen) atoms. The van der Waals surface area contributed by atoms with E-state index in [2.05, 4.69) is 15.2 Å². The third-order valence-corrected chi connectivity index (χ3v) is 5.33. The highest BCUT2D eigenvalue weighted by atomic mass is 35.5. The number of hydrogen-bond acceptors (Lipinski definition) is 6. The van der Waals surface area contributed by atoms with Gasteiger partial charge < -0.3 is 14.6 Å². The molecule has 0 aliphatic carbocycles. The Hall–Kier alpha value is -2.97. The molecule has 0 bridgehead atoms. The van der Waals surface area contributed by atoms with Crippen LogP contribution in [-0.4, -0.2) is 33.4 Å². The first-order valence-corrected chi connectivity index (χ1v) is 10.8. The van der Waals surface area contributed by atoms with Gasteiger partial charge in [-0.1, -0.05) is 36.7 Å². The van der Waals surface area contributed by atoms with E-state index in [9.17, 15) is 9.90 Å². The number of halogens is 1. The minimum absolute atomic E-state index is 0.0962. The maximum Gasteiger partial charge on any atom is 0.342 e. The number of methoxy groups -OCH3 is 1. The molecule has 0 unspecified atom stereocenters. The van der Waals surface area contributed by atoms with Crippen LogP contribution in [0.5, 0.6) is 11.5 Å². The first kappa shape index (κ1) is 22.7. The highest BCUT2D eigenvalue weighted by Gasteiger charge is 2.14.